The van der Waals surface area contributed by atoms with E-state index in [-0.39, 0.29) is 17.1 Å². The van der Waals surface area contributed by atoms with Gasteiger partial charge >= 0.3 is 0 Å². The third-order valence-electron chi connectivity index (χ3n) is 4.19. The van der Waals surface area contributed by atoms with Crippen LogP contribution in [0.1, 0.15) is 27.2 Å². The topological polar surface area (TPSA) is 79.6 Å². The van der Waals surface area contributed by atoms with Crippen LogP contribution in [0.2, 0.25) is 0 Å². The average molecular weight is 419 g/mol. The number of thioether (sulfide) groups is 2. The number of carbonyl (C=O) groups is 2. The van der Waals surface area contributed by atoms with Crippen LogP contribution < -0.4 is 10.2 Å². The van der Waals surface area contributed by atoms with Crippen LogP contribution in [0.25, 0.3) is 0 Å². The molecule has 0 bridgehead atoms. The van der Waals surface area contributed by atoms with Gasteiger partial charge in [0.05, 0.1) is 43.7 Å². The molecule has 1 aliphatic rings. The number of hydrogen-bond donors (Lipinski definition) is 2. The minimum absolute atomic E-state index is 0.0122. The fraction of sp³-hybridized carbons (Fsp3) is 0.750. The van der Waals surface area contributed by atoms with Gasteiger partial charge in [-0.3, -0.25) is 9.59 Å². The predicted molar refractivity (Wildman–Crippen MR) is 107 cm³/mol. The van der Waals surface area contributed by atoms with Gasteiger partial charge in [-0.15, -0.1) is 10.2 Å². The largest absolute Gasteiger partial charge is 0.355 e. The lowest BCUT2D eigenvalue weighted by Crippen LogP contribution is -3.14. The van der Waals surface area contributed by atoms with Crippen molar-refractivity contribution in [3.63, 3.8) is 0 Å². The van der Waals surface area contributed by atoms with E-state index in [0.29, 0.717) is 12.3 Å². The highest BCUT2D eigenvalue weighted by Crippen LogP contribution is 2.31. The van der Waals surface area contributed by atoms with Gasteiger partial charge in [0, 0.05) is 6.54 Å². The summed E-state index contributed by atoms with van der Waals surface area (Å²) in [7, 11) is 0. The molecule has 0 spiro atoms. The molecule has 26 heavy (non-hydrogen) atoms. The van der Waals surface area contributed by atoms with Gasteiger partial charge in [0.1, 0.15) is 0 Å². The number of nitrogens with zero attached hydrogens (tertiary/aromatic N) is 3. The Bertz CT molecular complexity index is 590. The van der Waals surface area contributed by atoms with Gasteiger partial charge in [0.2, 0.25) is 11.8 Å². The van der Waals surface area contributed by atoms with Crippen LogP contribution in [0.15, 0.2) is 8.68 Å². The molecule has 1 saturated heterocycles. The van der Waals surface area contributed by atoms with E-state index in [1.54, 1.807) is 4.90 Å². The van der Waals surface area contributed by atoms with Crippen LogP contribution >= 0.6 is 34.9 Å². The third-order valence-corrected chi connectivity index (χ3v) is 7.42. The number of aromatic nitrogens is 2. The summed E-state index contributed by atoms with van der Waals surface area (Å²) >= 11 is 4.29. The molecule has 146 valence electrons. The number of hydrogen-bond acceptors (Lipinski definition) is 7. The Morgan fingerprint density at radius 1 is 1.27 bits per heavy atom. The first-order valence-electron chi connectivity index (χ1n) is 9.05. The summed E-state index contributed by atoms with van der Waals surface area (Å²) in [6, 6.07) is 0. The summed E-state index contributed by atoms with van der Waals surface area (Å²) < 4.78 is 1.54. The minimum Gasteiger partial charge on any atom is -0.355 e. The van der Waals surface area contributed by atoms with Crippen molar-refractivity contribution >= 4 is 46.7 Å². The Balaban J connectivity index is 1.77. The Kier molecular flexibility index (Phi) is 9.17. The number of rotatable bonds is 9. The Labute approximate surface area is 167 Å². The monoisotopic (exact) mass is 418 g/mol. The van der Waals surface area contributed by atoms with Gasteiger partial charge in [0.15, 0.2) is 8.68 Å². The molecule has 1 aromatic rings. The predicted octanol–water partition coefficient (Wildman–Crippen LogP) is 0.384. The van der Waals surface area contributed by atoms with Gasteiger partial charge < -0.3 is 15.1 Å². The zero-order chi connectivity index (χ0) is 18.9. The van der Waals surface area contributed by atoms with E-state index >= 15 is 0 Å². The van der Waals surface area contributed by atoms with Crippen LogP contribution in [-0.4, -0.2) is 77.2 Å². The molecule has 7 nitrogen and oxygen atoms in total. The van der Waals surface area contributed by atoms with E-state index in [2.05, 4.69) is 22.4 Å². The van der Waals surface area contributed by atoms with Gasteiger partial charge in [-0.1, -0.05) is 41.8 Å². The number of amides is 2. The lowest BCUT2D eigenvalue weighted by molar-refractivity contribution is -0.902. The first kappa shape index (κ1) is 21.5. The minimum atomic E-state index is -0.170. The summed E-state index contributed by atoms with van der Waals surface area (Å²) in [5.41, 5.74) is 0. The van der Waals surface area contributed by atoms with Gasteiger partial charge in [-0.05, 0) is 20.3 Å². The van der Waals surface area contributed by atoms with Crippen molar-refractivity contribution in [3.05, 3.63) is 0 Å². The van der Waals surface area contributed by atoms with Crippen LogP contribution in [0.4, 0.5) is 0 Å². The summed E-state index contributed by atoms with van der Waals surface area (Å²) in [5, 5.41) is 10.9. The molecule has 0 saturated carbocycles. The second-order valence-corrected chi connectivity index (χ2v) is 9.95. The van der Waals surface area contributed by atoms with Gasteiger partial charge in [-0.25, -0.2) is 0 Å². The second-order valence-electron chi connectivity index (χ2n) is 6.16. The first-order chi connectivity index (χ1) is 12.5. The fourth-order valence-corrected chi connectivity index (χ4v) is 5.68. The number of nitrogens with one attached hydrogen (secondary N) is 2. The number of carbonyl (C=O) groups excluding carboxylic acids is 2. The summed E-state index contributed by atoms with van der Waals surface area (Å²) in [6.45, 7) is 11.7. The fourth-order valence-electron chi connectivity index (χ4n) is 2.60. The van der Waals surface area contributed by atoms with Crippen molar-refractivity contribution in [3.8, 4) is 0 Å². The molecule has 1 aromatic heterocycles. The molecule has 2 rings (SSSR count). The molecule has 2 heterocycles. The van der Waals surface area contributed by atoms with Crippen LogP contribution in [0, 0.1) is 0 Å². The van der Waals surface area contributed by atoms with Crippen molar-refractivity contribution in [2.75, 3.05) is 45.0 Å². The Hall–Kier alpha value is -0.840. The molecule has 0 unspecified atom stereocenters. The van der Waals surface area contributed by atoms with Crippen molar-refractivity contribution in [1.29, 1.82) is 0 Å². The lowest BCUT2D eigenvalue weighted by Gasteiger charge is -2.32. The molecule has 0 aromatic carbocycles. The zero-order valence-electron chi connectivity index (χ0n) is 15.6. The average Bonchev–Trinajstić information content (AvgIpc) is 3.11. The molecule has 2 amide bonds. The molecule has 0 radical (unpaired) electrons. The van der Waals surface area contributed by atoms with E-state index in [4.69, 9.17) is 0 Å². The Morgan fingerprint density at radius 3 is 2.62 bits per heavy atom. The third kappa shape index (κ3) is 6.71. The van der Waals surface area contributed by atoms with E-state index < -0.39 is 0 Å². The highest BCUT2D eigenvalue weighted by Gasteiger charge is 2.27. The summed E-state index contributed by atoms with van der Waals surface area (Å²) in [4.78, 5) is 27.8. The molecule has 1 fully saturated rings. The Morgan fingerprint density at radius 2 is 1.96 bits per heavy atom. The van der Waals surface area contributed by atoms with Crippen LogP contribution in [0.5, 0.6) is 0 Å². The molecule has 1 aliphatic heterocycles. The quantitative estimate of drug-likeness (QED) is 0.565. The molecule has 0 aliphatic carbocycles. The number of quaternary nitrogens is 1. The molecule has 10 heteroatoms. The second kappa shape index (κ2) is 11.1. The molecule has 1 atom stereocenters. The maximum atomic E-state index is 12.6. The van der Waals surface area contributed by atoms with Crippen molar-refractivity contribution in [2.24, 2.45) is 0 Å². The van der Waals surface area contributed by atoms with Crippen molar-refractivity contribution in [2.45, 2.75) is 41.1 Å². The van der Waals surface area contributed by atoms with E-state index in [1.807, 2.05) is 18.7 Å². The standard InChI is InChI=1S/C16H27N5O2S3/c1-4-6-17-13(22)11-24-15-18-19-16(26-15)25-12(3)14(23)21-9-7-20(5-2)8-10-21/h12H,4-11H2,1-3H3,(H,17,22)/p+1/t12-/m1/s1. The van der Waals surface area contributed by atoms with Crippen molar-refractivity contribution < 1.29 is 14.5 Å². The maximum Gasteiger partial charge on any atom is 0.236 e. The van der Waals surface area contributed by atoms with Crippen LogP contribution in [-0.2, 0) is 9.59 Å². The molecular weight excluding hydrogens is 390 g/mol. The van der Waals surface area contributed by atoms with Crippen LogP contribution in [0.3, 0.4) is 0 Å². The van der Waals surface area contributed by atoms with E-state index in [0.717, 1.165) is 47.8 Å². The highest BCUT2D eigenvalue weighted by atomic mass is 32.2. The lowest BCUT2D eigenvalue weighted by atomic mass is 10.3. The maximum absolute atomic E-state index is 12.6. The SMILES string of the molecule is CCCNC(=O)CSc1nnc(S[C@H](C)C(=O)N2CC[NH+](CC)CC2)s1. The summed E-state index contributed by atoms with van der Waals surface area (Å²) in [5.74, 6) is 0.532. The molecular formula is C16H28N5O2S3+. The van der Waals surface area contributed by atoms with Gasteiger partial charge in [0.25, 0.3) is 0 Å². The number of likely N-dealkylation sites (N-methyl/N-ethyl adjacent to an activating group) is 1. The first-order valence-corrected chi connectivity index (χ1v) is 11.7. The zero-order valence-corrected chi connectivity index (χ0v) is 18.1. The van der Waals surface area contributed by atoms with E-state index in [1.165, 1.54) is 34.9 Å². The number of piperazine rings is 1. The van der Waals surface area contributed by atoms with Crippen molar-refractivity contribution in [1.82, 2.24) is 20.4 Å². The highest BCUT2D eigenvalue weighted by molar-refractivity contribution is 8.04. The van der Waals surface area contributed by atoms with E-state index in [9.17, 15) is 9.59 Å². The molecule has 2 N–H and O–H groups in total. The summed E-state index contributed by atoms with van der Waals surface area (Å²) in [6.07, 6.45) is 0.927. The normalized spacial score (nSPS) is 16.5. The van der Waals surface area contributed by atoms with Gasteiger partial charge in [-0.2, -0.15) is 0 Å². The smallest absolute Gasteiger partial charge is 0.236 e.